The third kappa shape index (κ3) is 5.49. The predicted octanol–water partition coefficient (Wildman–Crippen LogP) is 6.33. The van der Waals surface area contributed by atoms with Gasteiger partial charge in [0, 0.05) is 30.5 Å². The molecule has 1 unspecified atom stereocenters. The number of nitrogens with zero attached hydrogens (tertiary/aromatic N) is 2. The molecule has 4 rings (SSSR count). The van der Waals surface area contributed by atoms with Crippen LogP contribution in [-0.2, 0) is 16.6 Å². The molecule has 1 aliphatic rings. The summed E-state index contributed by atoms with van der Waals surface area (Å²) < 4.78 is 49.3. The summed E-state index contributed by atoms with van der Waals surface area (Å²) in [5.74, 6) is -0.650. The Balaban J connectivity index is 1.76. The Morgan fingerprint density at radius 2 is 2.00 bits per heavy atom. The minimum absolute atomic E-state index is 0.0677. The normalized spacial score (nSPS) is 18.5. The van der Waals surface area contributed by atoms with Crippen molar-refractivity contribution in [1.29, 1.82) is 0 Å². The Kier molecular flexibility index (Phi) is 7.61. The lowest BCUT2D eigenvalue weighted by Gasteiger charge is -2.31. The fourth-order valence-electron chi connectivity index (χ4n) is 4.79. The quantitative estimate of drug-likeness (QED) is 0.339. The van der Waals surface area contributed by atoms with E-state index in [1.807, 2.05) is 32.0 Å². The van der Waals surface area contributed by atoms with Crippen LogP contribution in [-0.4, -0.2) is 36.1 Å². The van der Waals surface area contributed by atoms with Crippen molar-refractivity contribution in [3.05, 3.63) is 75.0 Å². The highest BCUT2D eigenvalue weighted by atomic mass is 32.2. The molecule has 198 valence electrons. The van der Waals surface area contributed by atoms with Gasteiger partial charge in [-0.15, -0.1) is 11.3 Å². The maximum Gasteiger partial charge on any atom is 0.248 e. The number of halogens is 1. The summed E-state index contributed by atoms with van der Waals surface area (Å²) in [5, 5.41) is 0. The Morgan fingerprint density at radius 1 is 1.27 bits per heavy atom. The molecule has 0 N–H and O–H groups in total. The van der Waals surface area contributed by atoms with Gasteiger partial charge in [-0.2, -0.15) is 4.31 Å². The number of sulfonamides is 1. The highest BCUT2D eigenvalue weighted by molar-refractivity contribution is 7.89. The molecule has 0 bridgehead atoms. The van der Waals surface area contributed by atoms with E-state index < -0.39 is 15.8 Å². The Morgan fingerprint density at radius 3 is 2.62 bits per heavy atom. The van der Waals surface area contributed by atoms with Crippen molar-refractivity contribution in [1.82, 2.24) is 9.29 Å². The van der Waals surface area contributed by atoms with Gasteiger partial charge < -0.3 is 4.74 Å². The molecule has 6 nitrogen and oxygen atoms in total. The van der Waals surface area contributed by atoms with Gasteiger partial charge in [0.25, 0.3) is 0 Å². The number of aryl methyl sites for hydroxylation is 1. The summed E-state index contributed by atoms with van der Waals surface area (Å²) in [6.45, 7) is 11.9. The van der Waals surface area contributed by atoms with Crippen LogP contribution in [0.3, 0.4) is 0 Å². The van der Waals surface area contributed by atoms with E-state index in [4.69, 9.17) is 4.74 Å². The van der Waals surface area contributed by atoms with Crippen LogP contribution in [0.2, 0.25) is 0 Å². The third-order valence-corrected chi connectivity index (χ3v) is 9.85. The first-order valence-corrected chi connectivity index (χ1v) is 14.6. The molecule has 37 heavy (non-hydrogen) atoms. The first kappa shape index (κ1) is 27.4. The van der Waals surface area contributed by atoms with Crippen molar-refractivity contribution in [2.24, 2.45) is 5.41 Å². The van der Waals surface area contributed by atoms with Crippen molar-refractivity contribution in [2.75, 3.05) is 6.54 Å². The number of fused-ring (bicyclic) bond motifs is 1. The van der Waals surface area contributed by atoms with Crippen LogP contribution in [0.4, 0.5) is 4.39 Å². The molecule has 2 aromatic heterocycles. The summed E-state index contributed by atoms with van der Waals surface area (Å²) in [6, 6.07) is 9.06. The second kappa shape index (κ2) is 10.3. The maximum atomic E-state index is 14.6. The summed E-state index contributed by atoms with van der Waals surface area (Å²) in [4.78, 5) is 16.9. The van der Waals surface area contributed by atoms with E-state index in [1.165, 1.54) is 41.0 Å². The van der Waals surface area contributed by atoms with Crippen LogP contribution >= 0.6 is 11.3 Å². The van der Waals surface area contributed by atoms with E-state index in [1.54, 1.807) is 6.07 Å². The molecule has 0 saturated carbocycles. The van der Waals surface area contributed by atoms with Gasteiger partial charge in [0.2, 0.25) is 10.0 Å². The van der Waals surface area contributed by atoms with Gasteiger partial charge in [0.15, 0.2) is 5.78 Å². The number of carbonyl (C=O) groups excluding carboxylic acids is 1. The molecule has 3 heterocycles. The van der Waals surface area contributed by atoms with E-state index in [0.29, 0.717) is 12.2 Å². The van der Waals surface area contributed by atoms with E-state index in [9.17, 15) is 17.6 Å². The van der Waals surface area contributed by atoms with Gasteiger partial charge in [-0.25, -0.2) is 12.8 Å². The molecule has 1 aliphatic heterocycles. The summed E-state index contributed by atoms with van der Waals surface area (Å²) >= 11 is 1.19. The maximum absolute atomic E-state index is 14.6. The molecule has 0 fully saturated rings. The van der Waals surface area contributed by atoms with Crippen LogP contribution in [0.25, 0.3) is 0 Å². The first-order valence-electron chi connectivity index (χ1n) is 12.3. The lowest BCUT2D eigenvalue weighted by atomic mass is 9.75. The minimum atomic E-state index is -3.84. The van der Waals surface area contributed by atoms with Gasteiger partial charge in [0.1, 0.15) is 27.4 Å². The number of rotatable bonds is 6. The third-order valence-electron chi connectivity index (χ3n) is 6.75. The monoisotopic (exact) mass is 544 g/mol. The molecule has 0 amide bonds. The number of ketones is 1. The molecular formula is C28H33FN2O4S2. The lowest BCUT2D eigenvalue weighted by Crippen LogP contribution is -2.36. The first-order chi connectivity index (χ1) is 17.3. The molecule has 2 atom stereocenters. The molecule has 3 aromatic rings. The zero-order chi connectivity index (χ0) is 27.1. The number of pyridine rings is 1. The molecular weight excluding hydrogens is 511 g/mol. The highest BCUT2D eigenvalue weighted by Crippen LogP contribution is 2.44. The van der Waals surface area contributed by atoms with E-state index in [2.05, 4.69) is 25.8 Å². The van der Waals surface area contributed by atoms with Gasteiger partial charge in [-0.05, 0) is 47.6 Å². The lowest BCUT2D eigenvalue weighted by molar-refractivity contribution is 0.101. The summed E-state index contributed by atoms with van der Waals surface area (Å²) in [7, 11) is -3.84. The van der Waals surface area contributed by atoms with Gasteiger partial charge in [0.05, 0.1) is 12.7 Å². The fourth-order valence-corrected chi connectivity index (χ4v) is 7.61. The topological polar surface area (TPSA) is 76.6 Å². The zero-order valence-electron chi connectivity index (χ0n) is 22.0. The number of hydrogen-bond acceptors (Lipinski definition) is 6. The number of hydrogen-bond donors (Lipinski definition) is 0. The van der Waals surface area contributed by atoms with Gasteiger partial charge in [-0.1, -0.05) is 45.9 Å². The van der Waals surface area contributed by atoms with Crippen molar-refractivity contribution >= 4 is 27.1 Å². The number of carbonyl (C=O) groups is 1. The Hall–Kier alpha value is -2.62. The molecule has 9 heteroatoms. The number of thiophene rings is 1. The van der Waals surface area contributed by atoms with Crippen molar-refractivity contribution in [2.45, 2.75) is 71.4 Å². The standard InChI is InChI=1S/C28H33FN2O4S2/c1-7-21-16-31(37(33,34)25-14-30-11-10-23(25)35-21)15-20-12-19(9-8-17(20)2)26(28(4,5)6)24-13-22(29)27(36-24)18(3)32/h8-14,21,26H,7,15-16H2,1-6H3/t21-,26?/m1/s1. The largest absolute Gasteiger partial charge is 0.488 e. The fraction of sp³-hybridized carbons (Fsp3) is 0.429. The second-order valence-electron chi connectivity index (χ2n) is 10.6. The van der Waals surface area contributed by atoms with E-state index >= 15 is 0 Å². The van der Waals surface area contributed by atoms with Crippen LogP contribution < -0.4 is 4.74 Å². The number of benzene rings is 1. The summed E-state index contributed by atoms with van der Waals surface area (Å²) in [5.41, 5.74) is 2.49. The molecule has 0 radical (unpaired) electrons. The average Bonchev–Trinajstić information content (AvgIpc) is 3.15. The minimum Gasteiger partial charge on any atom is -0.488 e. The molecule has 0 saturated heterocycles. The Labute approximate surface area is 222 Å². The summed E-state index contributed by atoms with van der Waals surface area (Å²) in [6.07, 6.45) is 3.24. The van der Waals surface area contributed by atoms with Crippen molar-refractivity contribution in [3.8, 4) is 5.75 Å². The zero-order valence-corrected chi connectivity index (χ0v) is 23.7. The molecule has 0 spiro atoms. The van der Waals surface area contributed by atoms with E-state index in [0.717, 1.165) is 21.6 Å². The number of Topliss-reactive ketones (excluding diaryl/α,β-unsaturated/α-hetero) is 1. The second-order valence-corrected chi connectivity index (χ2v) is 13.6. The number of ether oxygens (including phenoxy) is 1. The van der Waals surface area contributed by atoms with Gasteiger partial charge >= 0.3 is 0 Å². The molecule has 0 aliphatic carbocycles. The Bertz CT molecular complexity index is 1430. The van der Waals surface area contributed by atoms with Crippen molar-refractivity contribution < 1.29 is 22.3 Å². The highest BCUT2D eigenvalue weighted by Gasteiger charge is 2.36. The van der Waals surface area contributed by atoms with E-state index in [-0.39, 0.29) is 46.1 Å². The smallest absolute Gasteiger partial charge is 0.248 e. The predicted molar refractivity (Wildman–Crippen MR) is 143 cm³/mol. The van der Waals surface area contributed by atoms with Crippen molar-refractivity contribution in [3.63, 3.8) is 0 Å². The van der Waals surface area contributed by atoms with Gasteiger partial charge in [-0.3, -0.25) is 9.78 Å². The van der Waals surface area contributed by atoms with Crippen LogP contribution in [0.5, 0.6) is 5.75 Å². The SMILES string of the molecule is CC[C@@H]1CN(Cc2cc(C(c3cc(F)c(C(C)=O)s3)C(C)(C)C)ccc2C)S(=O)(=O)c2cnccc2O1. The van der Waals surface area contributed by atoms with Crippen LogP contribution in [0.15, 0.2) is 47.6 Å². The number of aromatic nitrogens is 1. The van der Waals surface area contributed by atoms with Crippen LogP contribution in [0, 0.1) is 18.2 Å². The molecule has 1 aromatic carbocycles. The average molecular weight is 545 g/mol. The van der Waals surface area contributed by atoms with Crippen LogP contribution in [0.1, 0.15) is 78.2 Å².